The third-order valence-electron chi connectivity index (χ3n) is 2.84. The van der Waals surface area contributed by atoms with Gasteiger partial charge < -0.3 is 21.1 Å². The van der Waals surface area contributed by atoms with Crippen LogP contribution in [-0.4, -0.2) is 24.6 Å². The van der Waals surface area contributed by atoms with Gasteiger partial charge in [-0.1, -0.05) is 37.0 Å². The zero-order chi connectivity index (χ0) is 16.9. The molecule has 0 fully saturated rings. The lowest BCUT2D eigenvalue weighted by Crippen LogP contribution is -2.47. The molecule has 8 heteroatoms. The van der Waals surface area contributed by atoms with Crippen LogP contribution in [-0.2, 0) is 9.53 Å². The summed E-state index contributed by atoms with van der Waals surface area (Å²) in [5, 5.41) is 5.64. The Morgan fingerprint density at radius 2 is 1.82 bits per heavy atom. The van der Waals surface area contributed by atoms with Crippen LogP contribution in [0.2, 0.25) is 10.0 Å². The highest BCUT2D eigenvalue weighted by Crippen LogP contribution is 2.31. The molecule has 22 heavy (non-hydrogen) atoms. The van der Waals surface area contributed by atoms with Crippen molar-refractivity contribution in [3.63, 3.8) is 0 Å². The number of carbonyl (C=O) groups excluding carboxylic acids is 2. The molecule has 0 radical (unpaired) electrons. The first-order chi connectivity index (χ1) is 10.3. The number of anilines is 2. The predicted octanol–water partition coefficient (Wildman–Crippen LogP) is 3.28. The standard InChI is InChI=1S/C14H19Cl2N3O3/c1-4-22-14(21)19-12(7(2)3)13(20)18-8-5-9(15)11(17)10(16)6-8/h5-7,12H,4,17H2,1-3H3,(H,18,20)(H,19,21). The van der Waals surface area contributed by atoms with E-state index in [4.69, 9.17) is 33.7 Å². The SMILES string of the molecule is CCOC(=O)NC(C(=O)Nc1cc(Cl)c(N)c(Cl)c1)C(C)C. The molecular weight excluding hydrogens is 329 g/mol. The topological polar surface area (TPSA) is 93.4 Å². The minimum absolute atomic E-state index is 0.135. The monoisotopic (exact) mass is 347 g/mol. The van der Waals surface area contributed by atoms with Crippen LogP contribution in [0.4, 0.5) is 16.2 Å². The minimum atomic E-state index is -0.755. The smallest absolute Gasteiger partial charge is 0.407 e. The van der Waals surface area contributed by atoms with Crippen molar-refractivity contribution in [1.29, 1.82) is 0 Å². The summed E-state index contributed by atoms with van der Waals surface area (Å²) in [5.41, 5.74) is 6.27. The van der Waals surface area contributed by atoms with E-state index >= 15 is 0 Å². The number of amides is 2. The maximum atomic E-state index is 12.3. The van der Waals surface area contributed by atoms with Gasteiger partial charge in [-0.3, -0.25) is 4.79 Å². The fraction of sp³-hybridized carbons (Fsp3) is 0.429. The van der Waals surface area contributed by atoms with Crippen LogP contribution in [0.25, 0.3) is 0 Å². The Morgan fingerprint density at radius 1 is 1.27 bits per heavy atom. The van der Waals surface area contributed by atoms with E-state index in [0.29, 0.717) is 5.69 Å². The Kier molecular flexibility index (Phi) is 6.77. The van der Waals surface area contributed by atoms with Crippen molar-refractivity contribution >= 4 is 46.6 Å². The number of halogens is 2. The van der Waals surface area contributed by atoms with E-state index < -0.39 is 18.0 Å². The van der Waals surface area contributed by atoms with Gasteiger partial charge in [0.1, 0.15) is 6.04 Å². The molecule has 0 saturated heterocycles. The number of alkyl carbamates (subject to hydrolysis) is 1. The van der Waals surface area contributed by atoms with Crippen LogP contribution in [0, 0.1) is 5.92 Å². The van der Waals surface area contributed by atoms with E-state index in [-0.39, 0.29) is 28.3 Å². The molecule has 0 aliphatic heterocycles. The highest BCUT2D eigenvalue weighted by Gasteiger charge is 2.25. The molecule has 1 atom stereocenters. The molecule has 122 valence electrons. The van der Waals surface area contributed by atoms with Crippen molar-refractivity contribution in [2.75, 3.05) is 17.7 Å². The first kappa shape index (κ1) is 18.4. The lowest BCUT2D eigenvalue weighted by atomic mass is 10.0. The van der Waals surface area contributed by atoms with Gasteiger partial charge in [-0.05, 0) is 25.0 Å². The van der Waals surface area contributed by atoms with Crippen LogP contribution >= 0.6 is 23.2 Å². The molecule has 0 saturated carbocycles. The summed E-state index contributed by atoms with van der Waals surface area (Å²) in [7, 11) is 0. The number of rotatable bonds is 5. The molecule has 0 spiro atoms. The Balaban J connectivity index is 2.85. The number of hydrogen-bond donors (Lipinski definition) is 3. The highest BCUT2D eigenvalue weighted by atomic mass is 35.5. The van der Waals surface area contributed by atoms with E-state index in [1.807, 2.05) is 0 Å². The Morgan fingerprint density at radius 3 is 2.27 bits per heavy atom. The fourth-order valence-electron chi connectivity index (χ4n) is 1.71. The maximum Gasteiger partial charge on any atom is 0.407 e. The molecule has 0 aliphatic carbocycles. The highest BCUT2D eigenvalue weighted by molar-refractivity contribution is 6.39. The van der Waals surface area contributed by atoms with Gasteiger partial charge in [0.25, 0.3) is 0 Å². The van der Waals surface area contributed by atoms with E-state index in [2.05, 4.69) is 10.6 Å². The Bertz CT molecular complexity index is 541. The Hall–Kier alpha value is -1.66. The summed E-state index contributed by atoms with van der Waals surface area (Å²) >= 11 is 11.8. The van der Waals surface area contributed by atoms with Crippen LogP contribution in [0.15, 0.2) is 12.1 Å². The molecule has 0 bridgehead atoms. The van der Waals surface area contributed by atoms with Crippen LogP contribution in [0.5, 0.6) is 0 Å². The van der Waals surface area contributed by atoms with Gasteiger partial charge in [0, 0.05) is 5.69 Å². The van der Waals surface area contributed by atoms with Crippen molar-refractivity contribution in [2.45, 2.75) is 26.8 Å². The average Bonchev–Trinajstić information content (AvgIpc) is 2.42. The molecule has 1 aromatic rings. The van der Waals surface area contributed by atoms with E-state index in [1.165, 1.54) is 12.1 Å². The van der Waals surface area contributed by atoms with E-state index in [9.17, 15) is 9.59 Å². The van der Waals surface area contributed by atoms with Gasteiger partial charge in [0.05, 0.1) is 22.3 Å². The number of nitrogen functional groups attached to an aromatic ring is 1. The summed E-state index contributed by atoms with van der Waals surface area (Å²) in [6.07, 6.45) is -0.648. The summed E-state index contributed by atoms with van der Waals surface area (Å²) in [6, 6.07) is 2.22. The fourth-order valence-corrected chi connectivity index (χ4v) is 2.20. The van der Waals surface area contributed by atoms with Gasteiger partial charge >= 0.3 is 6.09 Å². The summed E-state index contributed by atoms with van der Waals surface area (Å²) in [5.74, 6) is -0.538. The van der Waals surface area contributed by atoms with Crippen LogP contribution < -0.4 is 16.4 Å². The Labute approximate surface area is 139 Å². The van der Waals surface area contributed by atoms with Crippen LogP contribution in [0.3, 0.4) is 0 Å². The van der Waals surface area contributed by atoms with Gasteiger partial charge in [-0.2, -0.15) is 0 Å². The molecule has 0 heterocycles. The first-order valence-electron chi connectivity index (χ1n) is 6.74. The van der Waals surface area contributed by atoms with Gasteiger partial charge in [-0.25, -0.2) is 4.79 Å². The first-order valence-corrected chi connectivity index (χ1v) is 7.50. The molecule has 0 aliphatic rings. The molecule has 4 N–H and O–H groups in total. The number of ether oxygens (including phenoxy) is 1. The van der Waals surface area contributed by atoms with Gasteiger partial charge in [0.2, 0.25) is 5.91 Å². The number of nitrogens with two attached hydrogens (primary N) is 1. The number of hydrogen-bond acceptors (Lipinski definition) is 4. The summed E-state index contributed by atoms with van der Waals surface area (Å²) in [4.78, 5) is 23.8. The molecule has 2 amide bonds. The lowest BCUT2D eigenvalue weighted by molar-refractivity contribution is -0.119. The molecule has 1 rings (SSSR count). The number of benzene rings is 1. The second-order valence-electron chi connectivity index (χ2n) is 4.93. The molecule has 1 unspecified atom stereocenters. The number of carbonyl (C=O) groups is 2. The summed E-state index contributed by atoms with van der Waals surface area (Å²) < 4.78 is 4.79. The van der Waals surface area contributed by atoms with Gasteiger partial charge in [0.15, 0.2) is 0 Å². The summed E-state index contributed by atoms with van der Waals surface area (Å²) in [6.45, 7) is 5.52. The van der Waals surface area contributed by atoms with E-state index in [0.717, 1.165) is 0 Å². The zero-order valence-corrected chi connectivity index (χ0v) is 14.1. The van der Waals surface area contributed by atoms with E-state index in [1.54, 1.807) is 20.8 Å². The van der Waals surface area contributed by atoms with Crippen molar-refractivity contribution < 1.29 is 14.3 Å². The minimum Gasteiger partial charge on any atom is -0.450 e. The number of nitrogens with one attached hydrogen (secondary N) is 2. The van der Waals surface area contributed by atoms with Crippen molar-refractivity contribution in [3.8, 4) is 0 Å². The second-order valence-corrected chi connectivity index (χ2v) is 5.74. The average molecular weight is 348 g/mol. The normalized spacial score (nSPS) is 11.9. The third kappa shape index (κ3) is 4.96. The molecule has 0 aromatic heterocycles. The third-order valence-corrected chi connectivity index (χ3v) is 3.47. The van der Waals surface area contributed by atoms with Crippen molar-refractivity contribution in [2.24, 2.45) is 5.92 Å². The zero-order valence-electron chi connectivity index (χ0n) is 12.6. The quantitative estimate of drug-likeness (QED) is 0.712. The second kappa shape index (κ2) is 8.10. The molecule has 6 nitrogen and oxygen atoms in total. The van der Waals surface area contributed by atoms with Gasteiger partial charge in [-0.15, -0.1) is 0 Å². The lowest BCUT2D eigenvalue weighted by Gasteiger charge is -2.21. The molecular formula is C14H19Cl2N3O3. The van der Waals surface area contributed by atoms with Crippen molar-refractivity contribution in [1.82, 2.24) is 5.32 Å². The van der Waals surface area contributed by atoms with Crippen LogP contribution in [0.1, 0.15) is 20.8 Å². The van der Waals surface area contributed by atoms with Crippen molar-refractivity contribution in [3.05, 3.63) is 22.2 Å². The largest absolute Gasteiger partial charge is 0.450 e. The molecule has 1 aromatic carbocycles. The maximum absolute atomic E-state index is 12.3. The predicted molar refractivity (Wildman–Crippen MR) is 88.3 cm³/mol.